The van der Waals surface area contributed by atoms with Gasteiger partial charge in [0.15, 0.2) is 0 Å². The Morgan fingerprint density at radius 3 is 1.89 bits per heavy atom. The normalized spacial score (nSPS) is 12.0. The Morgan fingerprint density at radius 2 is 1.44 bits per heavy atom. The van der Waals surface area contributed by atoms with Crippen LogP contribution in [0.25, 0.3) is 10.8 Å². The van der Waals surface area contributed by atoms with Gasteiger partial charge in [-0.1, -0.05) is 30.8 Å². The predicted octanol–water partition coefficient (Wildman–Crippen LogP) is -5.11. The fraction of sp³-hybridized carbons (Fsp3) is 0.0769. The van der Waals surface area contributed by atoms with Crippen LogP contribution in [0.4, 0.5) is 0 Å². The number of benzene rings is 2. The Labute approximate surface area is 254 Å². The van der Waals surface area contributed by atoms with Crippen LogP contribution in [0.3, 0.4) is 0 Å². The molecule has 0 saturated heterocycles. The van der Waals surface area contributed by atoms with Crippen molar-refractivity contribution < 1.29 is 155 Å². The largest absolute Gasteiger partial charge is 1.00 e. The molecule has 9 nitrogen and oxygen atoms in total. The van der Waals surface area contributed by atoms with Gasteiger partial charge in [-0.2, -0.15) is 8.42 Å². The Bertz CT molecular complexity index is 1200. The zero-order chi connectivity index (χ0) is 19.2. The van der Waals surface area contributed by atoms with E-state index >= 15 is 0 Å². The first kappa shape index (κ1) is 28.6. The molecule has 0 spiro atoms. The molecule has 136 valence electrons. The van der Waals surface area contributed by atoms with Crippen molar-refractivity contribution >= 4 is 41.1 Å². The molecule has 0 N–H and O–H groups in total. The van der Waals surface area contributed by atoms with Gasteiger partial charge in [0.05, 0.1) is 9.79 Å². The molecule has 2 aromatic rings. The SMILES string of the molecule is C=C(C)OS(=O)(=O)c1c(S(=O)(=O)[O-])c(S(=O)(=O)[O-])cc2ccccc12.[Rb+].[Rb+]. The van der Waals surface area contributed by atoms with Crippen molar-refractivity contribution in [1.29, 1.82) is 0 Å². The van der Waals surface area contributed by atoms with Crippen LogP contribution in [0.15, 0.2) is 57.4 Å². The first-order valence-electron chi connectivity index (χ1n) is 6.32. The van der Waals surface area contributed by atoms with Crippen molar-refractivity contribution in [2.75, 3.05) is 0 Å². The van der Waals surface area contributed by atoms with Gasteiger partial charge in [-0.15, -0.1) is 0 Å². The molecule has 0 saturated carbocycles. The van der Waals surface area contributed by atoms with Crippen LogP contribution in [0, 0.1) is 0 Å². The van der Waals surface area contributed by atoms with E-state index in [1.165, 1.54) is 18.2 Å². The van der Waals surface area contributed by atoms with Gasteiger partial charge in [0, 0.05) is 5.39 Å². The predicted molar refractivity (Wildman–Crippen MR) is 83.0 cm³/mol. The standard InChI is InChI=1S/C13H12O9S3.2Rb/c1-8(2)22-25(20,21)12-10-6-4-3-5-9(10)7-11(23(14,15)16)13(12)24(17,18)19;;/h3-7H,1H2,2H3,(H,14,15,16)(H,17,18,19);;/q;2*+1/p-2. The number of allylic oxidation sites excluding steroid dienone is 1. The second kappa shape index (κ2) is 10.3. The third-order valence-corrected chi connectivity index (χ3v) is 6.41. The molecule has 14 heteroatoms. The van der Waals surface area contributed by atoms with E-state index in [9.17, 15) is 34.4 Å². The van der Waals surface area contributed by atoms with Gasteiger partial charge in [-0.3, -0.25) is 0 Å². The fourth-order valence-corrected chi connectivity index (χ4v) is 5.95. The second-order valence-electron chi connectivity index (χ2n) is 4.90. The van der Waals surface area contributed by atoms with Gasteiger partial charge in [-0.25, -0.2) is 16.8 Å². The Balaban J connectivity index is 0.00000338. The van der Waals surface area contributed by atoms with Crippen molar-refractivity contribution in [3.63, 3.8) is 0 Å². The molecule has 2 rings (SSSR count). The van der Waals surface area contributed by atoms with Crippen LogP contribution >= 0.6 is 0 Å². The third kappa shape index (κ3) is 6.80. The van der Waals surface area contributed by atoms with Crippen LogP contribution in [0.5, 0.6) is 0 Å². The van der Waals surface area contributed by atoms with Gasteiger partial charge in [-0.05, 0) is 18.4 Å². The van der Waals surface area contributed by atoms with E-state index in [4.69, 9.17) is 0 Å². The van der Waals surface area contributed by atoms with Gasteiger partial charge in [0.1, 0.15) is 30.9 Å². The maximum atomic E-state index is 12.4. The molecule has 0 fully saturated rings. The molecule has 0 radical (unpaired) electrons. The molecule has 0 unspecified atom stereocenters. The molecule has 27 heavy (non-hydrogen) atoms. The molecule has 0 aliphatic heterocycles. The Kier molecular flexibility index (Phi) is 10.9. The van der Waals surface area contributed by atoms with Crippen LogP contribution < -0.4 is 116 Å². The van der Waals surface area contributed by atoms with E-state index in [0.29, 0.717) is 6.07 Å². The fourth-order valence-electron chi connectivity index (χ4n) is 2.17. The summed E-state index contributed by atoms with van der Waals surface area (Å²) in [4.78, 5) is -4.37. The van der Waals surface area contributed by atoms with Gasteiger partial charge < -0.3 is 13.3 Å². The molecule has 2 aromatic carbocycles. The quantitative estimate of drug-likeness (QED) is 0.193. The van der Waals surface area contributed by atoms with Gasteiger partial charge in [0.2, 0.25) is 0 Å². The summed E-state index contributed by atoms with van der Waals surface area (Å²) >= 11 is 0. The number of fused-ring (bicyclic) bond motifs is 1. The van der Waals surface area contributed by atoms with E-state index in [-0.39, 0.29) is 133 Å². The molecular formula is C13H10O9Rb2S3. The minimum atomic E-state index is -5.68. The Morgan fingerprint density at radius 1 is 0.926 bits per heavy atom. The average Bonchev–Trinajstić information content (AvgIpc) is 2.41. The van der Waals surface area contributed by atoms with Crippen LogP contribution in [-0.4, -0.2) is 34.4 Å². The van der Waals surface area contributed by atoms with E-state index in [1.54, 1.807) is 0 Å². The minimum Gasteiger partial charge on any atom is -0.744 e. The number of hydrogen-bond donors (Lipinski definition) is 0. The monoisotopic (exact) mass is 576 g/mol. The molecule has 0 atom stereocenters. The number of rotatable bonds is 5. The maximum absolute atomic E-state index is 12.4. The summed E-state index contributed by atoms with van der Waals surface area (Å²) in [5.41, 5.74) is 0. The number of hydrogen-bond acceptors (Lipinski definition) is 9. The van der Waals surface area contributed by atoms with E-state index < -0.39 is 45.0 Å². The van der Waals surface area contributed by atoms with Crippen molar-refractivity contribution in [1.82, 2.24) is 0 Å². The van der Waals surface area contributed by atoms with Crippen molar-refractivity contribution in [3.8, 4) is 0 Å². The summed E-state index contributed by atoms with van der Waals surface area (Å²) in [7, 11) is -16.1. The van der Waals surface area contributed by atoms with E-state index in [0.717, 1.165) is 13.0 Å². The molecule has 0 aliphatic carbocycles. The topological polar surface area (TPSA) is 158 Å². The summed E-state index contributed by atoms with van der Waals surface area (Å²) < 4.78 is 98.4. The summed E-state index contributed by atoms with van der Waals surface area (Å²) in [5.74, 6) is -0.367. The average molecular weight is 577 g/mol. The van der Waals surface area contributed by atoms with Crippen LogP contribution in [-0.2, 0) is 34.5 Å². The third-order valence-electron chi connectivity index (χ3n) is 2.94. The molecule has 0 amide bonds. The second-order valence-corrected chi connectivity index (χ2v) is 9.05. The zero-order valence-electron chi connectivity index (χ0n) is 14.5. The van der Waals surface area contributed by atoms with Crippen molar-refractivity contribution in [2.24, 2.45) is 0 Å². The van der Waals surface area contributed by atoms with Crippen molar-refractivity contribution in [3.05, 3.63) is 42.7 Å². The maximum Gasteiger partial charge on any atom is 1.00 e. The Hall–Kier alpha value is 1.62. The van der Waals surface area contributed by atoms with Gasteiger partial charge in [0.25, 0.3) is 0 Å². The van der Waals surface area contributed by atoms with Crippen LogP contribution in [0.2, 0.25) is 0 Å². The summed E-state index contributed by atoms with van der Waals surface area (Å²) in [5, 5.41) is -0.390. The molecular weight excluding hydrogens is 567 g/mol. The zero-order valence-corrected chi connectivity index (χ0v) is 26.8. The summed E-state index contributed by atoms with van der Waals surface area (Å²) in [6.07, 6.45) is 0. The van der Waals surface area contributed by atoms with Crippen molar-refractivity contribution in [2.45, 2.75) is 21.6 Å². The molecule has 0 aromatic heterocycles. The summed E-state index contributed by atoms with van der Waals surface area (Å²) in [6, 6.07) is 5.73. The molecule has 0 heterocycles. The minimum absolute atomic E-state index is 0. The molecule has 0 bridgehead atoms. The van der Waals surface area contributed by atoms with Crippen LogP contribution in [0.1, 0.15) is 6.92 Å². The first-order chi connectivity index (χ1) is 11.2. The van der Waals surface area contributed by atoms with E-state index in [2.05, 4.69) is 10.8 Å². The summed E-state index contributed by atoms with van der Waals surface area (Å²) in [6.45, 7) is 4.34. The molecule has 0 aliphatic rings. The smallest absolute Gasteiger partial charge is 0.744 e. The first-order valence-corrected chi connectivity index (χ1v) is 10.5. The van der Waals surface area contributed by atoms with Gasteiger partial charge >= 0.3 is 126 Å². The van der Waals surface area contributed by atoms with E-state index in [1.807, 2.05) is 0 Å².